The summed E-state index contributed by atoms with van der Waals surface area (Å²) in [4.78, 5) is 12.2. The molecule has 6 nitrogen and oxygen atoms in total. The lowest BCUT2D eigenvalue weighted by molar-refractivity contribution is -0.122. The molecular formula is C16H28ClF2N3O3S. The van der Waals surface area contributed by atoms with Gasteiger partial charge in [-0.1, -0.05) is 0 Å². The van der Waals surface area contributed by atoms with E-state index in [1.54, 1.807) is 0 Å². The minimum absolute atomic E-state index is 0. The molecule has 2 unspecified atom stereocenters. The van der Waals surface area contributed by atoms with E-state index in [1.807, 2.05) is 0 Å². The summed E-state index contributed by atoms with van der Waals surface area (Å²) >= 11 is 0. The number of nitrogens with zero attached hydrogens (tertiary/aromatic N) is 1. The van der Waals surface area contributed by atoms with Crippen LogP contribution >= 0.6 is 12.4 Å². The number of carbonyl (C=O) groups is 1. The van der Waals surface area contributed by atoms with E-state index in [9.17, 15) is 22.0 Å². The van der Waals surface area contributed by atoms with Crippen LogP contribution in [0.25, 0.3) is 0 Å². The molecule has 0 radical (unpaired) electrons. The van der Waals surface area contributed by atoms with Crippen molar-refractivity contribution in [3.05, 3.63) is 0 Å². The molecule has 3 saturated heterocycles. The Hall–Kier alpha value is -0.510. The smallest absolute Gasteiger partial charge is 0.350 e. The number of piperidine rings is 2. The van der Waals surface area contributed by atoms with Gasteiger partial charge in [-0.2, -0.15) is 13.1 Å². The van der Waals surface area contributed by atoms with Gasteiger partial charge in [0.05, 0.1) is 0 Å². The molecule has 0 aromatic heterocycles. The third-order valence-corrected chi connectivity index (χ3v) is 7.33. The maximum absolute atomic E-state index is 12.5. The zero-order chi connectivity index (χ0) is 18.0. The van der Waals surface area contributed by atoms with Gasteiger partial charge >= 0.3 is 5.76 Å². The highest BCUT2D eigenvalue weighted by molar-refractivity contribution is 7.89. The Morgan fingerprint density at radius 1 is 1.08 bits per heavy atom. The number of sulfonamides is 1. The van der Waals surface area contributed by atoms with Crippen molar-refractivity contribution >= 4 is 28.3 Å². The summed E-state index contributed by atoms with van der Waals surface area (Å²) in [5.74, 6) is -2.72. The molecule has 3 heterocycles. The van der Waals surface area contributed by atoms with Gasteiger partial charge in [0, 0.05) is 38.1 Å². The van der Waals surface area contributed by atoms with E-state index in [0.29, 0.717) is 43.8 Å². The van der Waals surface area contributed by atoms with Crippen molar-refractivity contribution in [2.24, 2.45) is 11.8 Å². The summed E-state index contributed by atoms with van der Waals surface area (Å²) in [6.07, 6.45) is 6.11. The van der Waals surface area contributed by atoms with Gasteiger partial charge in [0.2, 0.25) is 5.91 Å². The van der Waals surface area contributed by atoms with E-state index in [4.69, 9.17) is 0 Å². The van der Waals surface area contributed by atoms with Crippen LogP contribution in [0.3, 0.4) is 0 Å². The van der Waals surface area contributed by atoms with E-state index >= 15 is 0 Å². The molecule has 152 valence electrons. The quantitative estimate of drug-likeness (QED) is 0.692. The van der Waals surface area contributed by atoms with Crippen molar-refractivity contribution in [3.8, 4) is 0 Å². The number of halogens is 3. The highest BCUT2D eigenvalue weighted by Crippen LogP contribution is 2.32. The Balaban J connectivity index is 0.00000243. The van der Waals surface area contributed by atoms with Crippen molar-refractivity contribution in [1.82, 2.24) is 14.9 Å². The fraction of sp³-hybridized carbons (Fsp3) is 0.938. The number of carbonyl (C=O) groups excluding carboxylic acids is 1. The normalized spacial score (nSPS) is 30.2. The van der Waals surface area contributed by atoms with E-state index < -0.39 is 15.8 Å². The zero-order valence-electron chi connectivity index (χ0n) is 14.7. The van der Waals surface area contributed by atoms with Crippen LogP contribution < -0.4 is 10.6 Å². The summed E-state index contributed by atoms with van der Waals surface area (Å²) in [6.45, 7) is 0.703. The van der Waals surface area contributed by atoms with Gasteiger partial charge in [-0.15, -0.1) is 12.4 Å². The van der Waals surface area contributed by atoms with E-state index in [1.165, 1.54) is 12.8 Å². The standard InChI is InChI=1S/C16H27F2N3O3S.ClH/c17-16(18)25(23,24)21-5-3-11(4-6-21)10-19-15(22)9-12-7-13-1-2-14(8-12)20-13;/h11-14,16,20H,1-10H2,(H,19,22);1H. The second-order valence-corrected chi connectivity index (χ2v) is 9.53. The summed E-state index contributed by atoms with van der Waals surface area (Å²) in [7, 11) is -4.47. The zero-order valence-corrected chi connectivity index (χ0v) is 16.3. The number of alkyl halides is 2. The summed E-state index contributed by atoms with van der Waals surface area (Å²) in [5.41, 5.74) is 0. The van der Waals surface area contributed by atoms with Crippen LogP contribution in [0.2, 0.25) is 0 Å². The molecule has 3 fully saturated rings. The van der Waals surface area contributed by atoms with E-state index in [0.717, 1.165) is 17.1 Å². The molecule has 26 heavy (non-hydrogen) atoms. The van der Waals surface area contributed by atoms with Gasteiger partial charge in [0.25, 0.3) is 10.0 Å². The minimum Gasteiger partial charge on any atom is -0.356 e. The summed E-state index contributed by atoms with van der Waals surface area (Å²) < 4.78 is 48.8. The molecule has 2 N–H and O–H groups in total. The minimum atomic E-state index is -4.47. The molecule has 0 aromatic carbocycles. The lowest BCUT2D eigenvalue weighted by Gasteiger charge is -2.31. The summed E-state index contributed by atoms with van der Waals surface area (Å²) in [5, 5.41) is 6.51. The van der Waals surface area contributed by atoms with E-state index in [-0.39, 0.29) is 37.3 Å². The lowest BCUT2D eigenvalue weighted by atomic mass is 9.89. The van der Waals surface area contributed by atoms with Gasteiger partial charge in [0.15, 0.2) is 0 Å². The Labute approximate surface area is 159 Å². The molecule has 3 aliphatic heterocycles. The van der Waals surface area contributed by atoms with Crippen molar-refractivity contribution in [1.29, 1.82) is 0 Å². The van der Waals surface area contributed by atoms with Gasteiger partial charge in [-0.05, 0) is 50.4 Å². The van der Waals surface area contributed by atoms with Crippen LogP contribution in [-0.4, -0.2) is 56.1 Å². The number of fused-ring (bicyclic) bond motifs is 2. The first-order chi connectivity index (χ1) is 11.8. The monoisotopic (exact) mass is 415 g/mol. The average Bonchev–Trinajstić information content (AvgIpc) is 2.92. The molecular weight excluding hydrogens is 388 g/mol. The van der Waals surface area contributed by atoms with Gasteiger partial charge in [-0.3, -0.25) is 4.79 Å². The van der Waals surface area contributed by atoms with Crippen LogP contribution in [0, 0.1) is 11.8 Å². The number of amides is 1. The predicted octanol–water partition coefficient (Wildman–Crippen LogP) is 1.71. The Morgan fingerprint density at radius 3 is 2.19 bits per heavy atom. The molecule has 1 amide bonds. The fourth-order valence-electron chi connectivity index (χ4n) is 4.41. The largest absolute Gasteiger partial charge is 0.356 e. The lowest BCUT2D eigenvalue weighted by Crippen LogP contribution is -2.44. The maximum atomic E-state index is 12.5. The molecule has 0 aromatic rings. The molecule has 0 saturated carbocycles. The maximum Gasteiger partial charge on any atom is 0.350 e. The molecule has 2 atom stereocenters. The van der Waals surface area contributed by atoms with Gasteiger partial charge in [0.1, 0.15) is 0 Å². The van der Waals surface area contributed by atoms with Crippen molar-refractivity contribution < 1.29 is 22.0 Å². The van der Waals surface area contributed by atoms with Crippen LogP contribution in [0.4, 0.5) is 8.78 Å². The number of rotatable bonds is 6. The SMILES string of the molecule is Cl.O=C(CC1CC2CCC(C1)N2)NCC1CCN(S(=O)(=O)C(F)F)CC1. The van der Waals surface area contributed by atoms with Crippen LogP contribution in [0.5, 0.6) is 0 Å². The molecule has 3 rings (SSSR count). The number of nitrogens with one attached hydrogen (secondary N) is 2. The molecule has 0 aliphatic carbocycles. The van der Waals surface area contributed by atoms with Crippen molar-refractivity contribution in [3.63, 3.8) is 0 Å². The van der Waals surface area contributed by atoms with Crippen LogP contribution in [0.1, 0.15) is 44.9 Å². The van der Waals surface area contributed by atoms with Gasteiger partial charge in [-0.25, -0.2) is 8.42 Å². The first-order valence-electron chi connectivity index (χ1n) is 9.14. The van der Waals surface area contributed by atoms with Crippen molar-refractivity contribution in [2.75, 3.05) is 19.6 Å². The number of hydrogen-bond donors (Lipinski definition) is 2. The third-order valence-electron chi connectivity index (χ3n) is 5.79. The second-order valence-electron chi connectivity index (χ2n) is 7.63. The predicted molar refractivity (Wildman–Crippen MR) is 96.8 cm³/mol. The second kappa shape index (κ2) is 9.12. The first-order valence-corrected chi connectivity index (χ1v) is 10.6. The first kappa shape index (κ1) is 21.8. The molecule has 3 aliphatic rings. The highest BCUT2D eigenvalue weighted by Gasteiger charge is 2.36. The summed E-state index contributed by atoms with van der Waals surface area (Å²) in [6, 6.07) is 1.13. The average molecular weight is 416 g/mol. The Kier molecular flexibility index (Phi) is 7.64. The van der Waals surface area contributed by atoms with Crippen molar-refractivity contribution in [2.45, 2.75) is 62.8 Å². The molecule has 0 spiro atoms. The molecule has 2 bridgehead atoms. The molecule has 10 heteroatoms. The number of hydrogen-bond acceptors (Lipinski definition) is 4. The van der Waals surface area contributed by atoms with Crippen LogP contribution in [-0.2, 0) is 14.8 Å². The van der Waals surface area contributed by atoms with Gasteiger partial charge < -0.3 is 10.6 Å². The van der Waals surface area contributed by atoms with Crippen LogP contribution in [0.15, 0.2) is 0 Å². The topological polar surface area (TPSA) is 78.5 Å². The fourth-order valence-corrected chi connectivity index (χ4v) is 5.36. The van der Waals surface area contributed by atoms with E-state index in [2.05, 4.69) is 10.6 Å². The Bertz CT molecular complexity index is 573. The third kappa shape index (κ3) is 5.27. The Morgan fingerprint density at radius 2 is 1.65 bits per heavy atom. The highest BCUT2D eigenvalue weighted by atomic mass is 35.5.